The molecular weight excluding hydrogens is 264 g/mol. The first-order chi connectivity index (χ1) is 9.26. The zero-order valence-corrected chi connectivity index (χ0v) is 11.3. The smallest absolute Gasteiger partial charge is 0.243 e. The van der Waals surface area contributed by atoms with Gasteiger partial charge in [-0.05, 0) is 25.0 Å². The van der Waals surface area contributed by atoms with Gasteiger partial charge in [0.15, 0.2) is 5.65 Å². The molecule has 2 heterocycles. The molecule has 0 aromatic carbocycles. The summed E-state index contributed by atoms with van der Waals surface area (Å²) in [6.45, 7) is 0.219. The Labute approximate surface area is 116 Å². The fraction of sp³-hybridized carbons (Fsp3) is 0.538. The van der Waals surface area contributed by atoms with Crippen LogP contribution in [0.1, 0.15) is 25.7 Å². The van der Waals surface area contributed by atoms with E-state index in [1.807, 2.05) is 6.07 Å². The van der Waals surface area contributed by atoms with Gasteiger partial charge in [0.2, 0.25) is 5.95 Å². The van der Waals surface area contributed by atoms with Gasteiger partial charge >= 0.3 is 0 Å². The Bertz CT molecular complexity index is 571. The summed E-state index contributed by atoms with van der Waals surface area (Å²) in [4.78, 5) is 4.42. The van der Waals surface area contributed by atoms with Crippen LogP contribution in [0.5, 0.6) is 0 Å². The summed E-state index contributed by atoms with van der Waals surface area (Å²) in [5.74, 6) is 0.900. The first-order valence-electron chi connectivity index (χ1n) is 6.65. The molecule has 1 aliphatic carbocycles. The van der Waals surface area contributed by atoms with Crippen molar-refractivity contribution in [3.05, 3.63) is 23.4 Å². The minimum absolute atomic E-state index is 0.219. The molecule has 102 valence electrons. The maximum absolute atomic E-state index is 9.41. The van der Waals surface area contributed by atoms with Gasteiger partial charge in [0.05, 0.1) is 5.02 Å². The van der Waals surface area contributed by atoms with Crippen LogP contribution in [0.15, 0.2) is 18.3 Å². The van der Waals surface area contributed by atoms with Crippen LogP contribution in [0.2, 0.25) is 5.02 Å². The molecule has 1 fully saturated rings. The van der Waals surface area contributed by atoms with E-state index in [0.717, 1.165) is 18.5 Å². The van der Waals surface area contributed by atoms with Crippen molar-refractivity contribution < 1.29 is 5.11 Å². The Hall–Kier alpha value is -1.33. The number of aromatic nitrogens is 3. The topological polar surface area (TPSA) is 62.5 Å². The summed E-state index contributed by atoms with van der Waals surface area (Å²) >= 11 is 5.92. The van der Waals surface area contributed by atoms with E-state index in [-0.39, 0.29) is 12.6 Å². The molecule has 0 bridgehead atoms. The number of rotatable bonds is 3. The molecule has 3 rings (SSSR count). The standard InChI is InChI=1S/C13H17ClN4O/c14-10-5-6-12-16-13(17-18(12)7-10)15-11-4-2-1-3-9(11)8-19/h5-7,9,11,19H,1-4,8H2,(H,15,17). The van der Waals surface area contributed by atoms with E-state index in [1.54, 1.807) is 16.8 Å². The fourth-order valence-corrected chi connectivity index (χ4v) is 2.86. The minimum Gasteiger partial charge on any atom is -0.396 e. The van der Waals surface area contributed by atoms with Crippen molar-refractivity contribution in [3.63, 3.8) is 0 Å². The van der Waals surface area contributed by atoms with Crippen LogP contribution < -0.4 is 5.32 Å². The molecule has 2 unspecified atom stereocenters. The van der Waals surface area contributed by atoms with Gasteiger partial charge in [-0.15, -0.1) is 5.10 Å². The predicted octanol–water partition coefficient (Wildman–Crippen LogP) is 2.35. The summed E-state index contributed by atoms with van der Waals surface area (Å²) in [7, 11) is 0. The van der Waals surface area contributed by atoms with Gasteiger partial charge < -0.3 is 10.4 Å². The maximum Gasteiger partial charge on any atom is 0.243 e. The Morgan fingerprint density at radius 3 is 3.05 bits per heavy atom. The van der Waals surface area contributed by atoms with Crippen LogP contribution in [0.4, 0.5) is 5.95 Å². The van der Waals surface area contributed by atoms with Crippen molar-refractivity contribution in [2.75, 3.05) is 11.9 Å². The number of hydrogen-bond acceptors (Lipinski definition) is 4. The lowest BCUT2D eigenvalue weighted by atomic mass is 9.85. The van der Waals surface area contributed by atoms with Crippen molar-refractivity contribution in [2.24, 2.45) is 5.92 Å². The van der Waals surface area contributed by atoms with Crippen LogP contribution in [0.3, 0.4) is 0 Å². The molecule has 2 N–H and O–H groups in total. The molecule has 1 aliphatic rings. The van der Waals surface area contributed by atoms with Crippen molar-refractivity contribution in [2.45, 2.75) is 31.7 Å². The zero-order valence-electron chi connectivity index (χ0n) is 10.6. The lowest BCUT2D eigenvalue weighted by Gasteiger charge is -2.30. The second-order valence-corrected chi connectivity index (χ2v) is 5.50. The molecule has 1 saturated carbocycles. The Balaban J connectivity index is 1.80. The maximum atomic E-state index is 9.41. The number of nitrogens with one attached hydrogen (secondary N) is 1. The molecule has 0 aliphatic heterocycles. The van der Waals surface area contributed by atoms with Gasteiger partial charge in [0, 0.05) is 24.8 Å². The minimum atomic E-state index is 0.219. The van der Waals surface area contributed by atoms with E-state index in [9.17, 15) is 5.11 Å². The van der Waals surface area contributed by atoms with Crippen LogP contribution in [0.25, 0.3) is 5.65 Å². The lowest BCUT2D eigenvalue weighted by Crippen LogP contribution is -2.34. The SMILES string of the molecule is OCC1CCCCC1Nc1nc2ccc(Cl)cn2n1. The number of hydrogen-bond donors (Lipinski definition) is 2. The van der Waals surface area contributed by atoms with Crippen LogP contribution in [-0.2, 0) is 0 Å². The lowest BCUT2D eigenvalue weighted by molar-refractivity contribution is 0.178. The predicted molar refractivity (Wildman–Crippen MR) is 74.5 cm³/mol. The first-order valence-corrected chi connectivity index (χ1v) is 7.03. The number of aliphatic hydroxyl groups excluding tert-OH is 1. The molecule has 2 aromatic heterocycles. The third-order valence-corrected chi connectivity index (χ3v) is 3.98. The van der Waals surface area contributed by atoms with Gasteiger partial charge in [0.1, 0.15) is 0 Å². The fourth-order valence-electron chi connectivity index (χ4n) is 2.70. The summed E-state index contributed by atoms with van der Waals surface area (Å²) in [5.41, 5.74) is 0.767. The van der Waals surface area contributed by atoms with E-state index >= 15 is 0 Å². The van der Waals surface area contributed by atoms with E-state index in [2.05, 4.69) is 15.4 Å². The monoisotopic (exact) mass is 280 g/mol. The third-order valence-electron chi connectivity index (χ3n) is 3.75. The summed E-state index contributed by atoms with van der Waals surface area (Å²) < 4.78 is 1.67. The molecule has 19 heavy (non-hydrogen) atoms. The average molecular weight is 281 g/mol. The largest absolute Gasteiger partial charge is 0.396 e. The third kappa shape index (κ3) is 2.67. The Morgan fingerprint density at radius 1 is 1.37 bits per heavy atom. The first kappa shape index (κ1) is 12.7. The highest BCUT2D eigenvalue weighted by atomic mass is 35.5. The second-order valence-electron chi connectivity index (χ2n) is 5.06. The van der Waals surface area contributed by atoms with E-state index < -0.39 is 0 Å². The van der Waals surface area contributed by atoms with Crippen molar-refractivity contribution in [1.82, 2.24) is 14.6 Å². The van der Waals surface area contributed by atoms with Crippen molar-refractivity contribution >= 4 is 23.2 Å². The molecule has 0 radical (unpaired) electrons. The van der Waals surface area contributed by atoms with Crippen molar-refractivity contribution in [1.29, 1.82) is 0 Å². The molecule has 5 nitrogen and oxygen atoms in total. The normalized spacial score (nSPS) is 23.7. The highest BCUT2D eigenvalue weighted by Crippen LogP contribution is 2.26. The highest BCUT2D eigenvalue weighted by Gasteiger charge is 2.25. The molecule has 0 saturated heterocycles. The summed E-state index contributed by atoms with van der Waals surface area (Å²) in [6, 6.07) is 3.89. The molecule has 6 heteroatoms. The summed E-state index contributed by atoms with van der Waals surface area (Å²) in [5, 5.41) is 17.8. The zero-order chi connectivity index (χ0) is 13.2. The van der Waals surface area contributed by atoms with Crippen LogP contribution in [-0.4, -0.2) is 32.4 Å². The Kier molecular flexibility index (Phi) is 3.57. The quantitative estimate of drug-likeness (QED) is 0.906. The highest BCUT2D eigenvalue weighted by molar-refractivity contribution is 6.30. The molecular formula is C13H17ClN4O. The van der Waals surface area contributed by atoms with E-state index in [1.165, 1.54) is 12.8 Å². The second kappa shape index (κ2) is 5.35. The average Bonchev–Trinajstić information content (AvgIpc) is 2.80. The Morgan fingerprint density at radius 2 is 2.21 bits per heavy atom. The number of nitrogens with zero attached hydrogens (tertiary/aromatic N) is 3. The number of pyridine rings is 1. The van der Waals surface area contributed by atoms with Gasteiger partial charge in [-0.1, -0.05) is 24.4 Å². The molecule has 0 amide bonds. The number of aliphatic hydroxyl groups is 1. The van der Waals surface area contributed by atoms with Crippen molar-refractivity contribution in [3.8, 4) is 0 Å². The van der Waals surface area contributed by atoms with Gasteiger partial charge in [-0.2, -0.15) is 4.98 Å². The number of halogens is 1. The molecule has 2 aromatic rings. The number of anilines is 1. The van der Waals surface area contributed by atoms with E-state index in [0.29, 0.717) is 16.9 Å². The molecule has 0 spiro atoms. The van der Waals surface area contributed by atoms with Gasteiger partial charge in [-0.3, -0.25) is 0 Å². The van der Waals surface area contributed by atoms with Gasteiger partial charge in [-0.25, -0.2) is 4.52 Å². The van der Waals surface area contributed by atoms with E-state index in [4.69, 9.17) is 11.6 Å². The van der Waals surface area contributed by atoms with Crippen LogP contribution in [0, 0.1) is 5.92 Å². The molecule has 2 atom stereocenters. The summed E-state index contributed by atoms with van der Waals surface area (Å²) in [6.07, 6.45) is 6.24. The number of fused-ring (bicyclic) bond motifs is 1. The van der Waals surface area contributed by atoms with Gasteiger partial charge in [0.25, 0.3) is 0 Å². The van der Waals surface area contributed by atoms with Crippen LogP contribution >= 0.6 is 11.6 Å².